The number of pyridine rings is 2. The fourth-order valence-corrected chi connectivity index (χ4v) is 9.16. The van der Waals surface area contributed by atoms with E-state index < -0.39 is 28.1 Å². The number of Topliss-reactive ketones (excluding diaryl/α,β-unsaturated/α-hetero) is 2. The summed E-state index contributed by atoms with van der Waals surface area (Å²) in [6.07, 6.45) is 0.230. The number of amides is 2. The predicted octanol–water partition coefficient (Wildman–Crippen LogP) is 7.82. The van der Waals surface area contributed by atoms with Gasteiger partial charge in [0.05, 0.1) is 22.8 Å². The van der Waals surface area contributed by atoms with E-state index in [0.29, 0.717) is 25.5 Å². The van der Waals surface area contributed by atoms with E-state index in [1.807, 2.05) is 57.9 Å². The highest BCUT2D eigenvalue weighted by Gasteiger charge is 2.49. The maximum Gasteiger partial charge on any atom is 0.242 e. The van der Waals surface area contributed by atoms with E-state index in [1.54, 1.807) is 12.1 Å². The maximum atomic E-state index is 13.3. The van der Waals surface area contributed by atoms with Crippen molar-refractivity contribution < 1.29 is 23.6 Å². The third-order valence-corrected chi connectivity index (χ3v) is 11.9. The minimum absolute atomic E-state index is 0.0510. The zero-order chi connectivity index (χ0) is 34.8. The molecule has 0 saturated carbocycles. The van der Waals surface area contributed by atoms with Gasteiger partial charge in [-0.15, -0.1) is 11.8 Å². The van der Waals surface area contributed by atoms with Crippen LogP contribution in [0, 0.1) is 5.82 Å². The van der Waals surface area contributed by atoms with Crippen molar-refractivity contribution in [2.75, 3.05) is 0 Å². The number of hydrogen-bond acceptors (Lipinski definition) is 9. The van der Waals surface area contributed by atoms with Gasteiger partial charge >= 0.3 is 0 Å². The fourth-order valence-electron chi connectivity index (χ4n) is 5.76. The number of carbonyl (C=O) groups excluding carboxylic acids is 4. The summed E-state index contributed by atoms with van der Waals surface area (Å²) < 4.78 is 14.6. The van der Waals surface area contributed by atoms with Gasteiger partial charge in [0.2, 0.25) is 11.8 Å². The molecular weight excluding hydrogens is 839 g/mol. The lowest BCUT2D eigenvalue weighted by molar-refractivity contribution is -0.135. The van der Waals surface area contributed by atoms with Gasteiger partial charge in [0, 0.05) is 17.7 Å². The summed E-state index contributed by atoms with van der Waals surface area (Å²) in [6, 6.07) is 18.6. The molecule has 3 atom stereocenters. The van der Waals surface area contributed by atoms with Crippen molar-refractivity contribution in [2.24, 2.45) is 0 Å². The first-order chi connectivity index (χ1) is 23.5. The van der Waals surface area contributed by atoms with Crippen molar-refractivity contribution in [3.63, 3.8) is 0 Å². The first kappa shape index (κ1) is 35.6. The van der Waals surface area contributed by atoms with Crippen LogP contribution in [0.25, 0.3) is 0 Å². The SMILES string of the molecule is O=C1CC(=O)NC(c2ccsc2)(c2cccc(Br)n2)C1.O=C1CC(c2ccsc2)(c2cccc(Br)n2)NC(=O)C1Sc1ccc(F)cc1Cl. The van der Waals surface area contributed by atoms with Crippen molar-refractivity contribution in [3.05, 3.63) is 131 Å². The highest BCUT2D eigenvalue weighted by Crippen LogP contribution is 2.41. The van der Waals surface area contributed by atoms with Crippen molar-refractivity contribution >= 4 is 101 Å². The molecule has 6 heterocycles. The monoisotopic (exact) mass is 860 g/mol. The van der Waals surface area contributed by atoms with Crippen LogP contribution in [0.2, 0.25) is 5.02 Å². The smallest absolute Gasteiger partial charge is 0.242 e. The minimum Gasteiger partial charge on any atom is -0.340 e. The van der Waals surface area contributed by atoms with E-state index in [1.165, 1.54) is 34.8 Å². The lowest BCUT2D eigenvalue weighted by atomic mass is 9.79. The van der Waals surface area contributed by atoms with E-state index >= 15 is 0 Å². The number of halogens is 4. The number of ketones is 2. The molecule has 1 aromatic carbocycles. The molecular formula is C34H24Br2ClFN4O4S3. The van der Waals surface area contributed by atoms with Crippen LogP contribution in [-0.2, 0) is 30.3 Å². The fraction of sp³-hybridized carbons (Fsp3) is 0.176. The molecule has 5 aromatic rings. The largest absolute Gasteiger partial charge is 0.340 e. The lowest BCUT2D eigenvalue weighted by Gasteiger charge is -2.39. The van der Waals surface area contributed by atoms with Gasteiger partial charge in [-0.2, -0.15) is 22.7 Å². The van der Waals surface area contributed by atoms with Crippen LogP contribution in [-0.4, -0.2) is 38.6 Å². The molecule has 0 radical (unpaired) electrons. The Kier molecular flexibility index (Phi) is 10.8. The molecule has 49 heavy (non-hydrogen) atoms. The van der Waals surface area contributed by atoms with Gasteiger partial charge in [0.1, 0.15) is 37.1 Å². The molecule has 2 saturated heterocycles. The summed E-state index contributed by atoms with van der Waals surface area (Å²) in [5.41, 5.74) is 1.06. The van der Waals surface area contributed by atoms with E-state index in [-0.39, 0.29) is 41.8 Å². The average molecular weight is 863 g/mol. The molecule has 2 aliphatic rings. The van der Waals surface area contributed by atoms with Crippen molar-refractivity contribution in [2.45, 2.75) is 40.5 Å². The molecule has 4 aromatic heterocycles. The Morgan fingerprint density at radius 3 is 1.90 bits per heavy atom. The van der Waals surface area contributed by atoms with E-state index in [9.17, 15) is 23.6 Å². The van der Waals surface area contributed by atoms with Gasteiger partial charge in [-0.1, -0.05) is 23.7 Å². The molecule has 250 valence electrons. The second-order valence-corrected chi connectivity index (χ2v) is 15.9. The summed E-state index contributed by atoms with van der Waals surface area (Å²) in [5, 5.41) is 12.9. The number of hydrogen-bond donors (Lipinski definition) is 2. The maximum absolute atomic E-state index is 13.3. The van der Waals surface area contributed by atoms with Crippen molar-refractivity contribution in [1.29, 1.82) is 0 Å². The number of aromatic nitrogens is 2. The Morgan fingerprint density at radius 2 is 1.41 bits per heavy atom. The Labute approximate surface area is 314 Å². The highest BCUT2D eigenvalue weighted by molar-refractivity contribution is 9.10. The van der Waals surface area contributed by atoms with Crippen molar-refractivity contribution in [3.8, 4) is 0 Å². The van der Waals surface area contributed by atoms with Crippen LogP contribution >= 0.6 is 77.9 Å². The molecule has 2 fully saturated rings. The molecule has 2 N–H and O–H groups in total. The van der Waals surface area contributed by atoms with Crippen molar-refractivity contribution in [1.82, 2.24) is 20.6 Å². The van der Waals surface area contributed by atoms with Gasteiger partial charge < -0.3 is 10.6 Å². The number of piperidine rings is 2. The molecule has 0 spiro atoms. The first-order valence-corrected chi connectivity index (χ1v) is 19.3. The van der Waals surface area contributed by atoms with E-state index in [0.717, 1.165) is 29.0 Å². The third kappa shape index (κ3) is 7.59. The Hall–Kier alpha value is -3.27. The molecule has 7 rings (SSSR count). The second-order valence-electron chi connectivity index (χ2n) is 11.2. The predicted molar refractivity (Wildman–Crippen MR) is 195 cm³/mol. The van der Waals surface area contributed by atoms with Gasteiger partial charge in [0.25, 0.3) is 0 Å². The van der Waals surface area contributed by atoms with Crippen LogP contribution < -0.4 is 10.6 Å². The molecule has 0 bridgehead atoms. The number of thioether (sulfide) groups is 1. The second kappa shape index (κ2) is 14.9. The van der Waals surface area contributed by atoms with E-state index in [2.05, 4.69) is 52.5 Å². The van der Waals surface area contributed by atoms with Crippen LogP contribution in [0.1, 0.15) is 41.8 Å². The first-order valence-electron chi connectivity index (χ1n) is 14.6. The van der Waals surface area contributed by atoms with Crippen LogP contribution in [0.3, 0.4) is 0 Å². The topological polar surface area (TPSA) is 118 Å². The quantitative estimate of drug-likeness (QED) is 0.132. The number of nitrogens with one attached hydrogen (secondary N) is 2. The Balaban J connectivity index is 0.000000182. The van der Waals surface area contributed by atoms with Gasteiger partial charge in [-0.25, -0.2) is 14.4 Å². The molecule has 15 heteroatoms. The number of thiophene rings is 2. The standard InChI is InChI=1S/C20H13BrClFN2O2S2.C14H11BrN2O2S/c21-17-3-1-2-16(24-17)20(11-6-7-28-10-11)9-14(26)18(19(27)25-20)29-15-5-4-12(23)8-13(15)22;15-12-3-1-2-11(16-12)14(9-4-5-20-8-9)7-10(18)6-13(19)17-14/h1-8,10,18H,9H2,(H,25,27);1-5,8H,6-7H2,(H,17,19). The molecule has 8 nitrogen and oxygen atoms in total. The highest BCUT2D eigenvalue weighted by atomic mass is 79.9. The zero-order valence-electron chi connectivity index (χ0n) is 25.1. The number of carbonyl (C=O) groups is 4. The third-order valence-electron chi connectivity index (χ3n) is 7.95. The average Bonchev–Trinajstić information content (AvgIpc) is 3.80. The Bertz CT molecular complexity index is 2010. The van der Waals surface area contributed by atoms with Gasteiger partial charge in [0.15, 0.2) is 5.78 Å². The summed E-state index contributed by atoms with van der Waals surface area (Å²) in [4.78, 5) is 59.4. The Morgan fingerprint density at radius 1 is 0.816 bits per heavy atom. The van der Waals surface area contributed by atoms with Crippen LogP contribution in [0.5, 0.6) is 0 Å². The summed E-state index contributed by atoms with van der Waals surface area (Å²) in [7, 11) is 0. The van der Waals surface area contributed by atoms with Gasteiger partial charge in [-0.05, 0) is 119 Å². The lowest BCUT2D eigenvalue weighted by Crippen LogP contribution is -2.58. The zero-order valence-corrected chi connectivity index (χ0v) is 31.5. The molecule has 2 amide bonds. The number of benzene rings is 1. The van der Waals surface area contributed by atoms with E-state index in [4.69, 9.17) is 11.6 Å². The summed E-state index contributed by atoms with van der Waals surface area (Å²) in [6.45, 7) is 0. The summed E-state index contributed by atoms with van der Waals surface area (Å²) in [5.74, 6) is -1.47. The van der Waals surface area contributed by atoms with Crippen LogP contribution in [0.4, 0.5) is 4.39 Å². The molecule has 0 aliphatic carbocycles. The molecule has 3 unspecified atom stereocenters. The number of nitrogens with zero attached hydrogens (tertiary/aromatic N) is 2. The summed E-state index contributed by atoms with van der Waals surface area (Å²) >= 11 is 16.8. The van der Waals surface area contributed by atoms with Gasteiger partial charge in [-0.3, -0.25) is 19.2 Å². The van der Waals surface area contributed by atoms with Crippen LogP contribution in [0.15, 0.2) is 102 Å². The molecule has 2 aliphatic heterocycles. The normalized spacial score (nSPS) is 22.2. The number of rotatable bonds is 6. The minimum atomic E-state index is -1.04.